The molecule has 2 aliphatic heterocycles. The van der Waals surface area contributed by atoms with Crippen LogP contribution in [-0.4, -0.2) is 24.0 Å². The number of pyridine rings is 1. The van der Waals surface area contributed by atoms with E-state index in [1.165, 1.54) is 7.11 Å². The fourth-order valence-corrected chi connectivity index (χ4v) is 3.52. The lowest BCUT2D eigenvalue weighted by molar-refractivity contribution is 0.0294. The van der Waals surface area contributed by atoms with Crippen molar-refractivity contribution in [2.45, 2.75) is 32.0 Å². The summed E-state index contributed by atoms with van der Waals surface area (Å²) in [4.78, 5) is 28.3. The number of hydrogen-bond donors (Lipinski definition) is 1. The van der Waals surface area contributed by atoms with E-state index in [4.69, 9.17) is 9.47 Å². The van der Waals surface area contributed by atoms with Crippen molar-refractivity contribution in [2.24, 2.45) is 0 Å². The molecular formula is C16H15NO4. The van der Waals surface area contributed by atoms with E-state index >= 15 is 0 Å². The van der Waals surface area contributed by atoms with Gasteiger partial charge in [0.25, 0.3) is 0 Å². The number of H-pyrrole nitrogens is 1. The van der Waals surface area contributed by atoms with E-state index in [2.05, 4.69) is 4.98 Å². The number of ketones is 1. The average molecular weight is 285 g/mol. The largest absolute Gasteiger partial charge is 0.491 e. The van der Waals surface area contributed by atoms with Gasteiger partial charge in [-0.25, -0.2) is 0 Å². The molecular weight excluding hydrogens is 270 g/mol. The second-order valence-electron chi connectivity index (χ2n) is 5.62. The van der Waals surface area contributed by atoms with Crippen molar-refractivity contribution in [3.05, 3.63) is 39.2 Å². The summed E-state index contributed by atoms with van der Waals surface area (Å²) in [5.41, 5.74) is 2.58. The molecule has 2 aromatic rings. The minimum absolute atomic E-state index is 0.0143. The molecule has 1 aromatic carbocycles. The highest BCUT2D eigenvalue weighted by Crippen LogP contribution is 2.43. The van der Waals surface area contributed by atoms with Gasteiger partial charge in [-0.2, -0.15) is 0 Å². The quantitative estimate of drug-likeness (QED) is 0.872. The molecule has 3 heterocycles. The SMILES string of the molecule is COc1c(C)[nH]c2ccc3c(c2c1=O)[C@@H]1CC[C@@H](O1)C3=O. The van der Waals surface area contributed by atoms with E-state index < -0.39 is 0 Å². The minimum Gasteiger partial charge on any atom is -0.491 e. The van der Waals surface area contributed by atoms with Crippen molar-refractivity contribution in [3.63, 3.8) is 0 Å². The number of methoxy groups -OCH3 is 1. The first kappa shape index (κ1) is 12.6. The van der Waals surface area contributed by atoms with Gasteiger partial charge in [0.15, 0.2) is 11.5 Å². The third-order valence-corrected chi connectivity index (χ3v) is 4.45. The van der Waals surface area contributed by atoms with Crippen LogP contribution in [-0.2, 0) is 4.74 Å². The molecule has 0 saturated carbocycles. The molecule has 0 aliphatic carbocycles. The number of Topliss-reactive ketones (excluding diaryl/α,β-unsaturated/α-hetero) is 1. The van der Waals surface area contributed by atoms with Gasteiger partial charge in [0.2, 0.25) is 5.43 Å². The number of rotatable bonds is 1. The van der Waals surface area contributed by atoms with Gasteiger partial charge in [-0.15, -0.1) is 0 Å². The van der Waals surface area contributed by atoms with Gasteiger partial charge in [-0.1, -0.05) is 0 Å². The first-order valence-corrected chi connectivity index (χ1v) is 7.05. The Morgan fingerprint density at radius 2 is 2.00 bits per heavy atom. The van der Waals surface area contributed by atoms with Gasteiger partial charge in [-0.05, 0) is 31.9 Å². The summed E-state index contributed by atoms with van der Waals surface area (Å²) in [6.45, 7) is 1.80. The lowest BCUT2D eigenvalue weighted by Gasteiger charge is -2.24. The molecule has 108 valence electrons. The van der Waals surface area contributed by atoms with Gasteiger partial charge >= 0.3 is 0 Å². The number of ether oxygens (including phenoxy) is 2. The number of aryl methyl sites for hydroxylation is 1. The second-order valence-corrected chi connectivity index (χ2v) is 5.62. The van der Waals surface area contributed by atoms with Crippen LogP contribution in [0, 0.1) is 6.92 Å². The molecule has 0 unspecified atom stereocenters. The van der Waals surface area contributed by atoms with E-state index in [0.717, 1.165) is 23.9 Å². The van der Waals surface area contributed by atoms with Gasteiger partial charge in [-0.3, -0.25) is 9.59 Å². The maximum atomic E-state index is 12.7. The number of aromatic nitrogens is 1. The highest BCUT2D eigenvalue weighted by Gasteiger charge is 2.41. The molecule has 5 heteroatoms. The van der Waals surface area contributed by atoms with Crippen LogP contribution in [0.1, 0.15) is 40.6 Å². The smallest absolute Gasteiger partial charge is 0.231 e. The molecule has 21 heavy (non-hydrogen) atoms. The highest BCUT2D eigenvalue weighted by molar-refractivity contribution is 6.06. The molecule has 2 atom stereocenters. The molecule has 1 fully saturated rings. The standard InChI is InChI=1S/C16H15NO4/c1-7-16(20-2)15(19)13-9(17-7)4-3-8-12(13)10-5-6-11(21-10)14(8)18/h3-4,10-11H,5-6H2,1-2H3,(H,17,19)/t10-,11+/m0/s1. The number of fused-ring (bicyclic) bond motifs is 6. The van der Waals surface area contributed by atoms with Gasteiger partial charge < -0.3 is 14.5 Å². The number of benzene rings is 1. The maximum absolute atomic E-state index is 12.7. The normalized spacial score (nSPS) is 23.4. The molecule has 2 aliphatic rings. The first-order chi connectivity index (χ1) is 10.1. The van der Waals surface area contributed by atoms with Gasteiger partial charge in [0.05, 0.1) is 29.8 Å². The van der Waals surface area contributed by atoms with Crippen molar-refractivity contribution >= 4 is 16.7 Å². The van der Waals surface area contributed by atoms with E-state index in [1.807, 2.05) is 0 Å². The lowest BCUT2D eigenvalue weighted by atomic mass is 9.92. The molecule has 4 rings (SSSR count). The van der Waals surface area contributed by atoms with Crippen LogP contribution in [0.25, 0.3) is 10.9 Å². The third kappa shape index (κ3) is 1.55. The minimum atomic E-state index is -0.341. The van der Waals surface area contributed by atoms with Crippen LogP contribution in [0.15, 0.2) is 16.9 Å². The Bertz CT molecular complexity index is 836. The van der Waals surface area contributed by atoms with Crippen molar-refractivity contribution in [1.82, 2.24) is 4.98 Å². The molecule has 1 N–H and O–H groups in total. The Morgan fingerprint density at radius 1 is 1.24 bits per heavy atom. The van der Waals surface area contributed by atoms with Crippen LogP contribution >= 0.6 is 0 Å². The molecule has 0 spiro atoms. The molecule has 2 bridgehead atoms. The fraction of sp³-hybridized carbons (Fsp3) is 0.375. The van der Waals surface area contributed by atoms with E-state index in [9.17, 15) is 9.59 Å². The predicted octanol–water partition coefficient (Wildman–Crippen LogP) is 2.26. The van der Waals surface area contributed by atoms with Crippen molar-refractivity contribution in [3.8, 4) is 5.75 Å². The zero-order valence-electron chi connectivity index (χ0n) is 11.9. The topological polar surface area (TPSA) is 68.4 Å². The zero-order valence-corrected chi connectivity index (χ0v) is 11.9. The molecule has 5 nitrogen and oxygen atoms in total. The molecule has 1 aromatic heterocycles. The van der Waals surface area contributed by atoms with Crippen molar-refractivity contribution in [2.75, 3.05) is 7.11 Å². The van der Waals surface area contributed by atoms with Crippen LogP contribution in [0.4, 0.5) is 0 Å². The number of hydrogen-bond acceptors (Lipinski definition) is 4. The summed E-state index contributed by atoms with van der Waals surface area (Å²) in [5, 5.41) is 0.522. The average Bonchev–Trinajstić information content (AvgIpc) is 2.90. The van der Waals surface area contributed by atoms with Crippen LogP contribution in [0.2, 0.25) is 0 Å². The summed E-state index contributed by atoms with van der Waals surface area (Å²) < 4.78 is 11.0. The Labute approximate surface area is 120 Å². The Hall–Kier alpha value is -2.14. The van der Waals surface area contributed by atoms with Gasteiger partial charge in [0, 0.05) is 11.1 Å². The van der Waals surface area contributed by atoms with E-state index in [1.54, 1.807) is 19.1 Å². The van der Waals surface area contributed by atoms with Crippen molar-refractivity contribution in [1.29, 1.82) is 0 Å². The molecule has 1 saturated heterocycles. The van der Waals surface area contributed by atoms with Crippen LogP contribution < -0.4 is 10.2 Å². The van der Waals surface area contributed by atoms with Gasteiger partial charge in [0.1, 0.15) is 6.10 Å². The Kier molecular flexibility index (Phi) is 2.50. The maximum Gasteiger partial charge on any atom is 0.231 e. The molecule has 0 amide bonds. The lowest BCUT2D eigenvalue weighted by Crippen LogP contribution is -2.27. The predicted molar refractivity (Wildman–Crippen MR) is 77.0 cm³/mol. The second kappa shape index (κ2) is 4.18. The summed E-state index contributed by atoms with van der Waals surface area (Å²) >= 11 is 0. The zero-order chi connectivity index (χ0) is 14.7. The Morgan fingerprint density at radius 3 is 2.76 bits per heavy atom. The monoisotopic (exact) mass is 285 g/mol. The van der Waals surface area contributed by atoms with Crippen LogP contribution in [0.3, 0.4) is 0 Å². The number of carbonyl (C=O) groups excluding carboxylic acids is 1. The van der Waals surface area contributed by atoms with Crippen LogP contribution in [0.5, 0.6) is 5.75 Å². The number of aromatic amines is 1. The highest BCUT2D eigenvalue weighted by atomic mass is 16.5. The Balaban J connectivity index is 2.15. The molecule has 0 radical (unpaired) electrons. The summed E-state index contributed by atoms with van der Waals surface area (Å²) in [6.07, 6.45) is 0.991. The summed E-state index contributed by atoms with van der Waals surface area (Å²) in [6, 6.07) is 3.60. The summed E-state index contributed by atoms with van der Waals surface area (Å²) in [5.74, 6) is 0.281. The number of nitrogens with one attached hydrogen (secondary N) is 1. The van der Waals surface area contributed by atoms with Crippen molar-refractivity contribution < 1.29 is 14.3 Å². The first-order valence-electron chi connectivity index (χ1n) is 7.05. The number of carbonyl (C=O) groups is 1. The van der Waals surface area contributed by atoms with E-state index in [-0.39, 0.29) is 23.4 Å². The fourth-order valence-electron chi connectivity index (χ4n) is 3.52. The van der Waals surface area contributed by atoms with E-state index in [0.29, 0.717) is 22.4 Å². The summed E-state index contributed by atoms with van der Waals surface area (Å²) in [7, 11) is 1.48. The third-order valence-electron chi connectivity index (χ3n) is 4.45.